The molecule has 0 spiro atoms. The molecule has 1 heterocycles. The number of Topliss-reactive ketones (excluding diaryl/α,β-unsaturated/α-hetero) is 1. The van der Waals surface area contributed by atoms with Crippen molar-refractivity contribution in [1.29, 1.82) is 0 Å². The van der Waals surface area contributed by atoms with Crippen LogP contribution < -0.4 is 5.73 Å². The van der Waals surface area contributed by atoms with Crippen LogP contribution in [0.15, 0.2) is 6.33 Å². The first-order chi connectivity index (χ1) is 5.13. The molecule has 1 rings (SSSR count). The smallest absolute Gasteiger partial charge is 0.199 e. The van der Waals surface area contributed by atoms with Gasteiger partial charge in [0.25, 0.3) is 0 Å². The molecule has 1 aromatic heterocycles. The zero-order chi connectivity index (χ0) is 8.43. The maximum absolute atomic E-state index is 11.2. The van der Waals surface area contributed by atoms with Gasteiger partial charge in [0.15, 0.2) is 5.78 Å². The Balaban J connectivity index is 2.93. The molecule has 1 aromatic rings. The minimum atomic E-state index is -0.475. The maximum Gasteiger partial charge on any atom is 0.199 e. The number of rotatable bonds is 2. The molecule has 4 nitrogen and oxygen atoms in total. The van der Waals surface area contributed by atoms with Crippen molar-refractivity contribution in [3.05, 3.63) is 17.7 Å². The van der Waals surface area contributed by atoms with Gasteiger partial charge in [0.2, 0.25) is 0 Å². The Morgan fingerprint density at radius 1 is 1.82 bits per heavy atom. The minimum Gasteiger partial charge on any atom is -0.348 e. The summed E-state index contributed by atoms with van der Waals surface area (Å²) < 4.78 is 0. The summed E-state index contributed by atoms with van der Waals surface area (Å²) in [5, 5.41) is 0. The van der Waals surface area contributed by atoms with Crippen LogP contribution in [0, 0.1) is 6.92 Å². The van der Waals surface area contributed by atoms with E-state index in [0.29, 0.717) is 5.69 Å². The fourth-order valence-corrected chi connectivity index (χ4v) is 0.823. The third kappa shape index (κ3) is 1.46. The maximum atomic E-state index is 11.2. The van der Waals surface area contributed by atoms with Crippen LogP contribution >= 0.6 is 0 Å². The van der Waals surface area contributed by atoms with Gasteiger partial charge in [-0.1, -0.05) is 0 Å². The van der Waals surface area contributed by atoms with E-state index in [2.05, 4.69) is 9.97 Å². The molecule has 0 aliphatic rings. The van der Waals surface area contributed by atoms with E-state index in [4.69, 9.17) is 5.73 Å². The van der Waals surface area contributed by atoms with Gasteiger partial charge in [-0.3, -0.25) is 4.79 Å². The number of carbonyl (C=O) groups is 1. The van der Waals surface area contributed by atoms with Gasteiger partial charge in [0, 0.05) is 5.69 Å². The van der Waals surface area contributed by atoms with Crippen LogP contribution in [-0.2, 0) is 0 Å². The van der Waals surface area contributed by atoms with Crippen LogP contribution in [0.3, 0.4) is 0 Å². The number of aromatic nitrogens is 2. The van der Waals surface area contributed by atoms with E-state index < -0.39 is 6.04 Å². The van der Waals surface area contributed by atoms with Crippen LogP contribution in [0.4, 0.5) is 0 Å². The Hall–Kier alpha value is -1.16. The minimum absolute atomic E-state index is 0.122. The Labute approximate surface area is 64.8 Å². The topological polar surface area (TPSA) is 71.8 Å². The Bertz CT molecular complexity index is 264. The van der Waals surface area contributed by atoms with Crippen molar-refractivity contribution >= 4 is 5.78 Å². The third-order valence-corrected chi connectivity index (χ3v) is 1.48. The fourth-order valence-electron chi connectivity index (χ4n) is 0.823. The molecule has 0 amide bonds. The average molecular weight is 153 g/mol. The molecule has 60 valence electrons. The summed E-state index contributed by atoms with van der Waals surface area (Å²) in [6.45, 7) is 3.44. The second-order valence-corrected chi connectivity index (χ2v) is 2.53. The highest BCUT2D eigenvalue weighted by molar-refractivity contribution is 5.98. The van der Waals surface area contributed by atoms with Gasteiger partial charge in [0.05, 0.1) is 12.4 Å². The molecule has 0 aliphatic carbocycles. The van der Waals surface area contributed by atoms with Crippen molar-refractivity contribution in [2.75, 3.05) is 0 Å². The first-order valence-corrected chi connectivity index (χ1v) is 3.42. The van der Waals surface area contributed by atoms with E-state index in [1.54, 1.807) is 13.8 Å². The number of hydrogen-bond acceptors (Lipinski definition) is 3. The lowest BCUT2D eigenvalue weighted by Crippen LogP contribution is -2.27. The number of hydrogen-bond donors (Lipinski definition) is 2. The summed E-state index contributed by atoms with van der Waals surface area (Å²) in [5.74, 6) is -0.122. The van der Waals surface area contributed by atoms with E-state index in [-0.39, 0.29) is 5.78 Å². The lowest BCUT2D eigenvalue weighted by Gasteiger charge is -2.00. The summed E-state index contributed by atoms with van der Waals surface area (Å²) in [6.07, 6.45) is 1.49. The monoisotopic (exact) mass is 153 g/mol. The third-order valence-electron chi connectivity index (χ3n) is 1.48. The molecule has 0 fully saturated rings. The van der Waals surface area contributed by atoms with Gasteiger partial charge in [-0.2, -0.15) is 0 Å². The number of aromatic amines is 1. The van der Waals surface area contributed by atoms with Gasteiger partial charge in [-0.05, 0) is 13.8 Å². The molecule has 0 saturated heterocycles. The van der Waals surface area contributed by atoms with E-state index in [9.17, 15) is 4.79 Å². The molecule has 11 heavy (non-hydrogen) atoms. The molecule has 0 bridgehead atoms. The molecule has 1 atom stereocenters. The summed E-state index contributed by atoms with van der Waals surface area (Å²) >= 11 is 0. The quantitative estimate of drug-likeness (QED) is 0.598. The molecular weight excluding hydrogens is 142 g/mol. The highest BCUT2D eigenvalue weighted by Crippen LogP contribution is 2.02. The number of H-pyrrole nitrogens is 1. The number of ketones is 1. The molecule has 4 heteroatoms. The molecule has 3 N–H and O–H groups in total. The van der Waals surface area contributed by atoms with Gasteiger partial charge in [-0.25, -0.2) is 4.98 Å². The lowest BCUT2D eigenvalue weighted by atomic mass is 10.1. The zero-order valence-electron chi connectivity index (χ0n) is 6.59. The van der Waals surface area contributed by atoms with Crippen molar-refractivity contribution in [2.24, 2.45) is 5.73 Å². The standard InChI is InChI=1S/C7H11N3O/c1-4(8)7(11)6-5(2)9-3-10-6/h3-4H,8H2,1-2H3,(H,9,10). The number of nitrogens with two attached hydrogens (primary N) is 1. The van der Waals surface area contributed by atoms with E-state index in [1.165, 1.54) is 6.33 Å². The lowest BCUT2D eigenvalue weighted by molar-refractivity contribution is 0.0963. The summed E-state index contributed by atoms with van der Waals surface area (Å²) in [4.78, 5) is 17.9. The van der Waals surface area contributed by atoms with E-state index >= 15 is 0 Å². The van der Waals surface area contributed by atoms with Crippen LogP contribution in [0.1, 0.15) is 23.1 Å². The average Bonchev–Trinajstić information content (AvgIpc) is 2.33. The molecular formula is C7H11N3O. The number of nitrogens with zero attached hydrogens (tertiary/aromatic N) is 1. The summed E-state index contributed by atoms with van der Waals surface area (Å²) in [6, 6.07) is -0.475. The Kier molecular flexibility index (Phi) is 2.05. The second kappa shape index (κ2) is 2.84. The summed E-state index contributed by atoms with van der Waals surface area (Å²) in [5.41, 5.74) is 6.61. The fraction of sp³-hybridized carbons (Fsp3) is 0.429. The van der Waals surface area contributed by atoms with Gasteiger partial charge in [-0.15, -0.1) is 0 Å². The first-order valence-electron chi connectivity index (χ1n) is 3.42. The normalized spacial score (nSPS) is 13.0. The van der Waals surface area contributed by atoms with Crippen LogP contribution in [0.2, 0.25) is 0 Å². The van der Waals surface area contributed by atoms with Gasteiger partial charge in [0.1, 0.15) is 5.69 Å². The summed E-state index contributed by atoms with van der Waals surface area (Å²) in [7, 11) is 0. The van der Waals surface area contributed by atoms with Crippen LogP contribution in [-0.4, -0.2) is 21.8 Å². The molecule has 0 aromatic carbocycles. The molecule has 0 aliphatic heterocycles. The predicted octanol–water partition coefficient (Wildman–Crippen LogP) is 0.248. The van der Waals surface area contributed by atoms with Crippen molar-refractivity contribution in [3.63, 3.8) is 0 Å². The van der Waals surface area contributed by atoms with Crippen molar-refractivity contribution in [3.8, 4) is 0 Å². The SMILES string of the molecule is Cc1[nH]cnc1C(=O)C(C)N. The molecule has 1 unspecified atom stereocenters. The van der Waals surface area contributed by atoms with Gasteiger partial charge < -0.3 is 10.7 Å². The Morgan fingerprint density at radius 2 is 2.45 bits per heavy atom. The van der Waals surface area contributed by atoms with Crippen LogP contribution in [0.25, 0.3) is 0 Å². The molecule has 0 radical (unpaired) electrons. The predicted molar refractivity (Wildman–Crippen MR) is 41.3 cm³/mol. The van der Waals surface area contributed by atoms with Crippen molar-refractivity contribution in [2.45, 2.75) is 19.9 Å². The van der Waals surface area contributed by atoms with Crippen molar-refractivity contribution in [1.82, 2.24) is 9.97 Å². The first kappa shape index (κ1) is 7.94. The number of imidazole rings is 1. The van der Waals surface area contributed by atoms with E-state index in [0.717, 1.165) is 5.69 Å². The van der Waals surface area contributed by atoms with Crippen molar-refractivity contribution < 1.29 is 4.79 Å². The van der Waals surface area contributed by atoms with E-state index in [1.807, 2.05) is 0 Å². The number of nitrogens with one attached hydrogen (secondary N) is 1. The number of aryl methyl sites for hydroxylation is 1. The largest absolute Gasteiger partial charge is 0.348 e. The highest BCUT2D eigenvalue weighted by atomic mass is 16.1. The van der Waals surface area contributed by atoms with Gasteiger partial charge >= 0.3 is 0 Å². The molecule has 0 saturated carbocycles. The zero-order valence-corrected chi connectivity index (χ0v) is 6.59. The number of carbonyl (C=O) groups excluding carboxylic acids is 1. The Morgan fingerprint density at radius 3 is 2.82 bits per heavy atom. The highest BCUT2D eigenvalue weighted by Gasteiger charge is 2.14. The van der Waals surface area contributed by atoms with Crippen LogP contribution in [0.5, 0.6) is 0 Å². The second-order valence-electron chi connectivity index (χ2n) is 2.53.